The fourth-order valence-corrected chi connectivity index (χ4v) is 2.23. The van der Waals surface area contributed by atoms with Crippen molar-refractivity contribution >= 4 is 15.9 Å². The minimum atomic E-state index is -4.36. The molecule has 19 heavy (non-hydrogen) atoms. The molecule has 0 saturated heterocycles. The Morgan fingerprint density at radius 1 is 1.47 bits per heavy atom. The molecule has 0 heterocycles. The van der Waals surface area contributed by atoms with Crippen LogP contribution in [0.15, 0.2) is 34.8 Å². The highest BCUT2D eigenvalue weighted by atomic mass is 79.9. The van der Waals surface area contributed by atoms with Crippen molar-refractivity contribution in [3.05, 3.63) is 46.0 Å². The summed E-state index contributed by atoms with van der Waals surface area (Å²) in [7, 11) is 0. The zero-order valence-corrected chi connectivity index (χ0v) is 12.1. The Kier molecular flexibility index (Phi) is 5.58. The molecular formula is C13H16BrF3N2. The van der Waals surface area contributed by atoms with Crippen LogP contribution in [0.5, 0.6) is 0 Å². The first-order chi connectivity index (χ1) is 8.75. The van der Waals surface area contributed by atoms with Crippen LogP contribution in [0.2, 0.25) is 0 Å². The third-order valence-corrected chi connectivity index (χ3v) is 3.48. The fourth-order valence-electron chi connectivity index (χ4n) is 1.71. The van der Waals surface area contributed by atoms with Crippen molar-refractivity contribution in [2.75, 3.05) is 0 Å². The number of nitrogens with one attached hydrogen (secondary N) is 1. The predicted octanol–water partition coefficient (Wildman–Crippen LogP) is 4.33. The number of alkyl halides is 3. The van der Waals surface area contributed by atoms with Gasteiger partial charge in [0.2, 0.25) is 0 Å². The summed E-state index contributed by atoms with van der Waals surface area (Å²) < 4.78 is 38.7. The molecule has 0 bridgehead atoms. The van der Waals surface area contributed by atoms with Gasteiger partial charge in [-0.05, 0) is 43.5 Å². The summed E-state index contributed by atoms with van der Waals surface area (Å²) in [5.74, 6) is 5.44. The van der Waals surface area contributed by atoms with Gasteiger partial charge in [-0.15, -0.1) is 6.58 Å². The van der Waals surface area contributed by atoms with Crippen LogP contribution >= 0.6 is 15.9 Å². The molecule has 6 heteroatoms. The molecule has 1 aromatic carbocycles. The summed E-state index contributed by atoms with van der Waals surface area (Å²) in [6.45, 7) is 5.64. The number of hydrazine groups is 1. The summed E-state index contributed by atoms with van der Waals surface area (Å²) in [5.41, 5.74) is 3.34. The number of benzene rings is 1. The smallest absolute Gasteiger partial charge is 0.271 e. The van der Waals surface area contributed by atoms with Gasteiger partial charge in [-0.3, -0.25) is 11.3 Å². The minimum Gasteiger partial charge on any atom is -0.271 e. The van der Waals surface area contributed by atoms with E-state index in [4.69, 9.17) is 5.84 Å². The van der Waals surface area contributed by atoms with Crippen molar-refractivity contribution in [3.8, 4) is 0 Å². The molecule has 1 rings (SSSR count). The highest BCUT2D eigenvalue weighted by molar-refractivity contribution is 9.10. The molecule has 0 aliphatic carbocycles. The Balaban J connectivity index is 3.05. The van der Waals surface area contributed by atoms with E-state index >= 15 is 0 Å². The minimum absolute atomic E-state index is 0.353. The first-order valence-electron chi connectivity index (χ1n) is 5.73. The standard InChI is InChI=1S/C13H16BrF3N2/c1-8(2)3-6-12(19-18)10-7-9(13(15,16)17)4-5-11(10)14/h4-5,7,12,19H,1,3,6,18H2,2H3. The van der Waals surface area contributed by atoms with E-state index in [9.17, 15) is 13.2 Å². The molecule has 3 N–H and O–H groups in total. The predicted molar refractivity (Wildman–Crippen MR) is 73.3 cm³/mol. The Morgan fingerprint density at radius 2 is 2.11 bits per heavy atom. The van der Waals surface area contributed by atoms with Gasteiger partial charge in [-0.1, -0.05) is 21.5 Å². The first kappa shape index (κ1) is 16.2. The number of hydrogen-bond donors (Lipinski definition) is 2. The van der Waals surface area contributed by atoms with E-state index in [0.717, 1.165) is 17.7 Å². The van der Waals surface area contributed by atoms with Gasteiger partial charge >= 0.3 is 6.18 Å². The molecule has 0 aliphatic heterocycles. The van der Waals surface area contributed by atoms with Crippen molar-refractivity contribution in [1.82, 2.24) is 5.43 Å². The van der Waals surface area contributed by atoms with E-state index < -0.39 is 11.7 Å². The van der Waals surface area contributed by atoms with Crippen LogP contribution in [0.3, 0.4) is 0 Å². The Bertz CT molecular complexity index is 458. The quantitative estimate of drug-likeness (QED) is 0.477. The van der Waals surface area contributed by atoms with Crippen LogP contribution < -0.4 is 11.3 Å². The van der Waals surface area contributed by atoms with Crippen LogP contribution in [0.4, 0.5) is 13.2 Å². The van der Waals surface area contributed by atoms with Crippen LogP contribution in [0, 0.1) is 0 Å². The zero-order chi connectivity index (χ0) is 14.6. The highest BCUT2D eigenvalue weighted by Gasteiger charge is 2.31. The topological polar surface area (TPSA) is 38.0 Å². The summed E-state index contributed by atoms with van der Waals surface area (Å²) in [6, 6.07) is 3.20. The van der Waals surface area contributed by atoms with E-state index in [1.807, 2.05) is 6.92 Å². The van der Waals surface area contributed by atoms with Crippen molar-refractivity contribution in [1.29, 1.82) is 0 Å². The van der Waals surface area contributed by atoms with Crippen molar-refractivity contribution < 1.29 is 13.2 Å². The van der Waals surface area contributed by atoms with Gasteiger partial charge in [0.15, 0.2) is 0 Å². The maximum Gasteiger partial charge on any atom is 0.416 e. The second kappa shape index (κ2) is 6.54. The Labute approximate surface area is 119 Å². The second-order valence-electron chi connectivity index (χ2n) is 4.45. The summed E-state index contributed by atoms with van der Waals surface area (Å²) >= 11 is 3.26. The Morgan fingerprint density at radius 3 is 2.58 bits per heavy atom. The number of nitrogens with two attached hydrogens (primary N) is 1. The number of rotatable bonds is 5. The summed E-state index contributed by atoms with van der Waals surface area (Å²) in [6.07, 6.45) is -3.08. The number of hydrogen-bond acceptors (Lipinski definition) is 2. The molecular weight excluding hydrogens is 321 g/mol. The average molecular weight is 337 g/mol. The monoisotopic (exact) mass is 336 g/mol. The molecule has 1 unspecified atom stereocenters. The van der Waals surface area contributed by atoms with Crippen LogP contribution in [0.25, 0.3) is 0 Å². The normalized spacial score (nSPS) is 13.4. The zero-order valence-electron chi connectivity index (χ0n) is 10.5. The third kappa shape index (κ3) is 4.63. The molecule has 106 valence electrons. The molecule has 1 aromatic rings. The molecule has 0 aliphatic rings. The van der Waals surface area contributed by atoms with E-state index in [-0.39, 0.29) is 6.04 Å². The fraction of sp³-hybridized carbons (Fsp3) is 0.385. The van der Waals surface area contributed by atoms with Gasteiger partial charge in [-0.25, -0.2) is 0 Å². The van der Waals surface area contributed by atoms with Crippen molar-refractivity contribution in [2.45, 2.75) is 32.0 Å². The van der Waals surface area contributed by atoms with E-state index in [1.54, 1.807) is 0 Å². The van der Waals surface area contributed by atoms with Gasteiger partial charge in [0.05, 0.1) is 5.56 Å². The molecule has 2 nitrogen and oxygen atoms in total. The van der Waals surface area contributed by atoms with E-state index in [0.29, 0.717) is 22.9 Å². The molecule has 0 saturated carbocycles. The molecule has 1 atom stereocenters. The van der Waals surface area contributed by atoms with Gasteiger partial charge < -0.3 is 0 Å². The van der Waals surface area contributed by atoms with E-state index in [2.05, 4.69) is 27.9 Å². The van der Waals surface area contributed by atoms with E-state index in [1.165, 1.54) is 6.07 Å². The highest BCUT2D eigenvalue weighted by Crippen LogP contribution is 2.35. The largest absolute Gasteiger partial charge is 0.416 e. The molecule has 0 radical (unpaired) electrons. The third-order valence-electron chi connectivity index (χ3n) is 2.76. The molecule has 0 fully saturated rings. The number of allylic oxidation sites excluding steroid dienone is 1. The molecule has 0 aromatic heterocycles. The lowest BCUT2D eigenvalue weighted by atomic mass is 9.98. The SMILES string of the molecule is C=C(C)CCC(NN)c1cc(C(F)(F)F)ccc1Br. The summed E-state index contributed by atoms with van der Waals surface area (Å²) in [5, 5.41) is 0. The van der Waals surface area contributed by atoms with Crippen LogP contribution in [-0.2, 0) is 6.18 Å². The summed E-state index contributed by atoms with van der Waals surface area (Å²) in [4.78, 5) is 0. The van der Waals surface area contributed by atoms with Crippen molar-refractivity contribution in [3.63, 3.8) is 0 Å². The maximum atomic E-state index is 12.7. The van der Waals surface area contributed by atoms with Gasteiger partial charge in [0, 0.05) is 10.5 Å². The van der Waals surface area contributed by atoms with Crippen LogP contribution in [0.1, 0.15) is 36.9 Å². The lowest BCUT2D eigenvalue weighted by Gasteiger charge is -2.19. The molecule has 0 spiro atoms. The Hall–Kier alpha value is -0.850. The van der Waals surface area contributed by atoms with Crippen LogP contribution in [-0.4, -0.2) is 0 Å². The van der Waals surface area contributed by atoms with Crippen molar-refractivity contribution in [2.24, 2.45) is 5.84 Å². The van der Waals surface area contributed by atoms with Gasteiger partial charge in [0.25, 0.3) is 0 Å². The number of halogens is 4. The lowest BCUT2D eigenvalue weighted by molar-refractivity contribution is -0.137. The lowest BCUT2D eigenvalue weighted by Crippen LogP contribution is -2.28. The second-order valence-corrected chi connectivity index (χ2v) is 5.30. The van der Waals surface area contributed by atoms with Gasteiger partial charge in [0.1, 0.15) is 0 Å². The van der Waals surface area contributed by atoms with Gasteiger partial charge in [-0.2, -0.15) is 13.2 Å². The maximum absolute atomic E-state index is 12.7. The average Bonchev–Trinajstić information content (AvgIpc) is 2.30. The first-order valence-corrected chi connectivity index (χ1v) is 6.52. The molecule has 0 amide bonds.